The van der Waals surface area contributed by atoms with E-state index in [2.05, 4.69) is 10.1 Å². The van der Waals surface area contributed by atoms with E-state index in [-0.39, 0.29) is 13.0 Å². The molecule has 1 unspecified atom stereocenters. The Morgan fingerprint density at radius 3 is 2.88 bits per heavy atom. The van der Waals surface area contributed by atoms with E-state index in [0.717, 1.165) is 11.3 Å². The first-order valence-corrected chi connectivity index (χ1v) is 5.65. The minimum absolute atomic E-state index is 0.0247. The summed E-state index contributed by atoms with van der Waals surface area (Å²) in [4.78, 5) is 10.9. The number of methoxy groups -OCH3 is 1. The summed E-state index contributed by atoms with van der Waals surface area (Å²) in [7, 11) is 1.29. The maximum absolute atomic E-state index is 10.9. The molecule has 5 heteroatoms. The van der Waals surface area contributed by atoms with Crippen LogP contribution in [0.3, 0.4) is 0 Å². The summed E-state index contributed by atoms with van der Waals surface area (Å²) < 4.78 is 4.46. The Bertz CT molecular complexity index is 395. The third kappa shape index (κ3) is 4.63. The normalized spacial score (nSPS) is 12.0. The summed E-state index contributed by atoms with van der Waals surface area (Å²) in [6, 6.07) is 5.53. The second-order valence-electron chi connectivity index (χ2n) is 3.78. The molecule has 0 aliphatic rings. The van der Waals surface area contributed by atoms with Crippen LogP contribution in [0.4, 0.5) is 5.69 Å². The molecule has 0 amide bonds. The van der Waals surface area contributed by atoms with E-state index >= 15 is 0 Å². The Kier molecular flexibility index (Phi) is 5.25. The number of rotatable bonds is 5. The van der Waals surface area contributed by atoms with Gasteiger partial charge in [0.25, 0.3) is 0 Å². The topological polar surface area (TPSA) is 58.6 Å². The number of ether oxygens (including phenoxy) is 1. The molecule has 0 aromatic heterocycles. The van der Waals surface area contributed by atoms with Crippen LogP contribution in [0.15, 0.2) is 18.2 Å². The molecule has 2 N–H and O–H groups in total. The van der Waals surface area contributed by atoms with E-state index in [4.69, 9.17) is 11.6 Å². The molecular formula is C12H16ClNO3. The van der Waals surface area contributed by atoms with Gasteiger partial charge >= 0.3 is 5.97 Å². The first kappa shape index (κ1) is 13.8. The summed E-state index contributed by atoms with van der Waals surface area (Å²) in [5, 5.41) is 13.2. The van der Waals surface area contributed by atoms with Crippen LogP contribution < -0.4 is 5.32 Å². The number of hydrogen-bond acceptors (Lipinski definition) is 4. The monoisotopic (exact) mass is 257 g/mol. The van der Waals surface area contributed by atoms with Gasteiger partial charge in [-0.15, -0.1) is 0 Å². The van der Waals surface area contributed by atoms with E-state index in [1.165, 1.54) is 7.11 Å². The third-order valence-electron chi connectivity index (χ3n) is 2.34. The molecule has 1 aromatic carbocycles. The van der Waals surface area contributed by atoms with Crippen molar-refractivity contribution >= 4 is 23.3 Å². The number of aliphatic hydroxyl groups is 1. The highest BCUT2D eigenvalue weighted by Gasteiger charge is 2.10. The van der Waals surface area contributed by atoms with Crippen molar-refractivity contribution in [1.29, 1.82) is 0 Å². The summed E-state index contributed by atoms with van der Waals surface area (Å²) in [6.07, 6.45) is -0.800. The van der Waals surface area contributed by atoms with E-state index < -0.39 is 12.1 Å². The SMILES string of the molecule is COC(=O)CC(O)CNc1ccc(C)c(Cl)c1. The number of aryl methyl sites for hydroxylation is 1. The molecule has 0 spiro atoms. The highest BCUT2D eigenvalue weighted by molar-refractivity contribution is 6.31. The average Bonchev–Trinajstić information content (AvgIpc) is 2.30. The van der Waals surface area contributed by atoms with Crippen molar-refractivity contribution in [3.8, 4) is 0 Å². The number of anilines is 1. The van der Waals surface area contributed by atoms with Crippen molar-refractivity contribution in [3.63, 3.8) is 0 Å². The van der Waals surface area contributed by atoms with Gasteiger partial charge in [0, 0.05) is 17.3 Å². The molecule has 0 heterocycles. The van der Waals surface area contributed by atoms with Crippen molar-refractivity contribution in [2.45, 2.75) is 19.4 Å². The van der Waals surface area contributed by atoms with Crippen molar-refractivity contribution in [1.82, 2.24) is 0 Å². The molecule has 1 rings (SSSR count). The van der Waals surface area contributed by atoms with Crippen LogP contribution in [0.2, 0.25) is 5.02 Å². The molecule has 17 heavy (non-hydrogen) atoms. The summed E-state index contributed by atoms with van der Waals surface area (Å²) >= 11 is 5.96. The summed E-state index contributed by atoms with van der Waals surface area (Å²) in [6.45, 7) is 2.19. The fourth-order valence-corrected chi connectivity index (χ4v) is 1.47. The average molecular weight is 258 g/mol. The largest absolute Gasteiger partial charge is 0.469 e. The molecule has 1 atom stereocenters. The second kappa shape index (κ2) is 6.47. The number of hydrogen-bond donors (Lipinski definition) is 2. The third-order valence-corrected chi connectivity index (χ3v) is 2.75. The molecule has 0 bridgehead atoms. The van der Waals surface area contributed by atoms with Crippen molar-refractivity contribution in [2.24, 2.45) is 0 Å². The van der Waals surface area contributed by atoms with E-state index in [0.29, 0.717) is 5.02 Å². The highest BCUT2D eigenvalue weighted by atomic mass is 35.5. The number of esters is 1. The lowest BCUT2D eigenvalue weighted by Gasteiger charge is -2.12. The Hall–Kier alpha value is -1.26. The predicted octanol–water partition coefficient (Wildman–Crippen LogP) is 1.98. The number of halogens is 1. The molecule has 0 aliphatic heterocycles. The molecule has 0 aliphatic carbocycles. The predicted molar refractivity (Wildman–Crippen MR) is 67.3 cm³/mol. The molecule has 0 fully saturated rings. The smallest absolute Gasteiger partial charge is 0.308 e. The number of aliphatic hydroxyl groups excluding tert-OH is 1. The Balaban J connectivity index is 2.44. The number of nitrogens with one attached hydrogen (secondary N) is 1. The molecule has 4 nitrogen and oxygen atoms in total. The molecule has 0 saturated heterocycles. The van der Waals surface area contributed by atoms with Crippen LogP contribution in [0.1, 0.15) is 12.0 Å². The standard InChI is InChI=1S/C12H16ClNO3/c1-8-3-4-9(5-11(8)13)14-7-10(15)6-12(16)17-2/h3-5,10,14-15H,6-7H2,1-2H3. The molecule has 0 radical (unpaired) electrons. The van der Waals surface area contributed by atoms with E-state index in [9.17, 15) is 9.90 Å². The van der Waals surface area contributed by atoms with Gasteiger partial charge in [0.1, 0.15) is 0 Å². The Labute approximate surface area is 106 Å². The second-order valence-corrected chi connectivity index (χ2v) is 4.19. The number of benzene rings is 1. The van der Waals surface area contributed by atoms with Crippen LogP contribution in [0.5, 0.6) is 0 Å². The summed E-state index contributed by atoms with van der Waals surface area (Å²) in [5.74, 6) is -0.429. The van der Waals surface area contributed by atoms with Gasteiger partial charge < -0.3 is 15.2 Å². The van der Waals surface area contributed by atoms with Crippen molar-refractivity contribution in [2.75, 3.05) is 19.0 Å². The molecule has 94 valence electrons. The van der Waals surface area contributed by atoms with Gasteiger partial charge in [-0.3, -0.25) is 4.79 Å². The Morgan fingerprint density at radius 1 is 1.59 bits per heavy atom. The van der Waals surface area contributed by atoms with Crippen LogP contribution in [0.25, 0.3) is 0 Å². The zero-order valence-electron chi connectivity index (χ0n) is 9.87. The van der Waals surface area contributed by atoms with Gasteiger partial charge in [0.05, 0.1) is 19.6 Å². The van der Waals surface area contributed by atoms with Crippen LogP contribution in [-0.4, -0.2) is 30.8 Å². The van der Waals surface area contributed by atoms with Crippen molar-refractivity contribution < 1.29 is 14.6 Å². The van der Waals surface area contributed by atoms with Gasteiger partial charge in [0.2, 0.25) is 0 Å². The van der Waals surface area contributed by atoms with Gasteiger partial charge in [-0.25, -0.2) is 0 Å². The molecular weight excluding hydrogens is 242 g/mol. The zero-order valence-corrected chi connectivity index (χ0v) is 10.6. The maximum atomic E-state index is 10.9. The maximum Gasteiger partial charge on any atom is 0.308 e. The van der Waals surface area contributed by atoms with Gasteiger partial charge in [-0.2, -0.15) is 0 Å². The number of carbonyl (C=O) groups is 1. The van der Waals surface area contributed by atoms with Crippen LogP contribution >= 0.6 is 11.6 Å². The first-order valence-electron chi connectivity index (χ1n) is 5.28. The van der Waals surface area contributed by atoms with Gasteiger partial charge in [-0.1, -0.05) is 17.7 Å². The van der Waals surface area contributed by atoms with Crippen molar-refractivity contribution in [3.05, 3.63) is 28.8 Å². The fourth-order valence-electron chi connectivity index (χ4n) is 1.29. The molecule has 0 saturated carbocycles. The Morgan fingerprint density at radius 2 is 2.29 bits per heavy atom. The zero-order chi connectivity index (χ0) is 12.8. The minimum Gasteiger partial charge on any atom is -0.469 e. The lowest BCUT2D eigenvalue weighted by atomic mass is 10.2. The lowest BCUT2D eigenvalue weighted by molar-refractivity contribution is -0.142. The highest BCUT2D eigenvalue weighted by Crippen LogP contribution is 2.19. The first-order chi connectivity index (χ1) is 8.02. The van der Waals surface area contributed by atoms with E-state index in [1.54, 1.807) is 6.07 Å². The quantitative estimate of drug-likeness (QED) is 0.792. The molecule has 1 aromatic rings. The van der Waals surface area contributed by atoms with Gasteiger partial charge in [0.15, 0.2) is 0 Å². The lowest BCUT2D eigenvalue weighted by Crippen LogP contribution is -2.23. The minimum atomic E-state index is -0.775. The summed E-state index contributed by atoms with van der Waals surface area (Å²) in [5.41, 5.74) is 1.80. The number of carbonyl (C=O) groups excluding carboxylic acids is 1. The van der Waals surface area contributed by atoms with Crippen LogP contribution in [0, 0.1) is 6.92 Å². The van der Waals surface area contributed by atoms with Gasteiger partial charge in [-0.05, 0) is 24.6 Å². The van der Waals surface area contributed by atoms with Crippen LogP contribution in [-0.2, 0) is 9.53 Å². The fraction of sp³-hybridized carbons (Fsp3) is 0.417. The van der Waals surface area contributed by atoms with E-state index in [1.807, 2.05) is 19.1 Å².